The number of hydrogen-bond donors (Lipinski definition) is 4. The van der Waals surface area contributed by atoms with Gasteiger partial charge in [-0.15, -0.1) is 0 Å². The van der Waals surface area contributed by atoms with Crippen LogP contribution in [0.3, 0.4) is 0 Å². The molecule has 0 aromatic heterocycles. The van der Waals surface area contributed by atoms with Crippen molar-refractivity contribution >= 4 is 33.6 Å². The van der Waals surface area contributed by atoms with Crippen molar-refractivity contribution in [3.05, 3.63) is 170 Å². The molecule has 0 radical (unpaired) electrons. The third-order valence-corrected chi connectivity index (χ3v) is 19.3. The Bertz CT molecular complexity index is 2660. The number of aliphatic hydroxyl groups is 2. The molecule has 0 heterocycles. The predicted octanol–water partition coefficient (Wildman–Crippen LogP) is 25.5. The van der Waals surface area contributed by atoms with E-state index in [0.717, 1.165) is 180 Å². The van der Waals surface area contributed by atoms with Gasteiger partial charge in [0, 0.05) is 19.3 Å². The van der Waals surface area contributed by atoms with Gasteiger partial charge in [-0.05, 0) is 154 Å². The lowest BCUT2D eigenvalue weighted by molar-refractivity contribution is -0.161. The van der Waals surface area contributed by atoms with Gasteiger partial charge in [0.25, 0.3) is 0 Å². The number of aliphatic hydroxyl groups excluding tert-OH is 2. The molecule has 0 bridgehead atoms. The quantitative estimate of drug-likeness (QED) is 0.0146. The molecule has 0 saturated heterocycles. The second-order valence-electron chi connectivity index (χ2n) is 27.9. The second kappa shape index (κ2) is 82.4. The Kier molecular flexibility index (Phi) is 78.5. The zero-order chi connectivity index (χ0) is 79.4. The van der Waals surface area contributed by atoms with E-state index in [4.69, 9.17) is 32.3 Å². The highest BCUT2D eigenvalue weighted by molar-refractivity contribution is 7.47. The average Bonchev–Trinajstić information content (AvgIpc) is 0.960. The number of unbranched alkanes of at least 4 members (excludes halogenated alkanes) is 28. The van der Waals surface area contributed by atoms with E-state index in [0.29, 0.717) is 19.3 Å². The van der Waals surface area contributed by atoms with Gasteiger partial charge in [0.15, 0.2) is 6.10 Å². The van der Waals surface area contributed by atoms with E-state index >= 15 is 0 Å². The lowest BCUT2D eigenvalue weighted by Gasteiger charge is -2.21. The topological polar surface area (TPSA) is 231 Å². The molecule has 109 heavy (non-hydrogen) atoms. The van der Waals surface area contributed by atoms with Crippen LogP contribution in [0.2, 0.25) is 0 Å². The van der Waals surface area contributed by atoms with E-state index in [1.807, 2.05) is 0 Å². The van der Waals surface area contributed by atoms with E-state index in [-0.39, 0.29) is 19.3 Å². The maximum atomic E-state index is 13.0. The standard InChI is InChI=1S/C91H152O16P2/c1-4-7-10-13-16-19-22-25-28-31-33-35-37-39-41-42-44-46-47-49-51-54-56-59-62-65-68-71-74-77-89(94)101-80-86(92)81-103-108(97,98)104-82-87(93)83-105-109(99,100)106-85-88(107-91(96)79-76-73-70-67-64-61-58-53-30-27-24-21-18-15-12-9-6-3)84-102-90(95)78-75-72-69-66-63-60-57-55-52-50-48-45-43-40-38-36-34-32-29-26-23-20-17-14-11-8-5-2/h8-9,11-12,16-21,25-30,33-36,39-41,43,48,50,58,61,86-88,92-93H,4-7,10,13-15,22-24,31-32,37-38,42,44-47,49,51-57,59-60,62-85H2,1-3H3,(H,97,98)(H,99,100)/b11-8-,12-9-,19-16-,20-17-,21-18-,28-25-,29-26-,30-27-,35-33-,36-34-,41-39-,43-40-,50-48-,61-58-. The number of rotatable bonds is 79. The van der Waals surface area contributed by atoms with Crippen molar-refractivity contribution in [2.24, 2.45) is 0 Å². The molecule has 0 spiro atoms. The Morgan fingerprint density at radius 3 is 0.771 bits per heavy atom. The molecule has 0 amide bonds. The number of ether oxygens (including phenoxy) is 3. The molecule has 5 atom stereocenters. The molecule has 0 aliphatic carbocycles. The molecule has 4 N–H and O–H groups in total. The molecule has 16 nitrogen and oxygen atoms in total. The number of carbonyl (C=O) groups is 3. The molecule has 0 aliphatic heterocycles. The summed E-state index contributed by atoms with van der Waals surface area (Å²) < 4.78 is 61.3. The summed E-state index contributed by atoms with van der Waals surface area (Å²) in [6.45, 7) is 2.39. The lowest BCUT2D eigenvalue weighted by Crippen LogP contribution is -2.30. The highest BCUT2D eigenvalue weighted by Crippen LogP contribution is 2.45. The minimum Gasteiger partial charge on any atom is -0.463 e. The first-order valence-corrected chi connectivity index (χ1v) is 45.4. The Labute approximate surface area is 662 Å². The molecule has 0 aromatic carbocycles. The van der Waals surface area contributed by atoms with Crippen molar-refractivity contribution in [2.75, 3.05) is 39.6 Å². The van der Waals surface area contributed by atoms with Gasteiger partial charge in [-0.25, -0.2) is 9.13 Å². The van der Waals surface area contributed by atoms with Crippen LogP contribution in [0.1, 0.15) is 329 Å². The van der Waals surface area contributed by atoms with Gasteiger partial charge in [-0.1, -0.05) is 326 Å². The second-order valence-corrected chi connectivity index (χ2v) is 30.8. The van der Waals surface area contributed by atoms with E-state index in [1.54, 1.807) is 0 Å². The van der Waals surface area contributed by atoms with Crippen molar-refractivity contribution in [1.29, 1.82) is 0 Å². The zero-order valence-corrected chi connectivity index (χ0v) is 70.0. The number of hydrogen-bond acceptors (Lipinski definition) is 14. The van der Waals surface area contributed by atoms with E-state index in [1.165, 1.54) is 89.9 Å². The molecule has 0 rings (SSSR count). The van der Waals surface area contributed by atoms with Gasteiger partial charge < -0.3 is 34.2 Å². The van der Waals surface area contributed by atoms with E-state index in [9.17, 15) is 43.5 Å². The highest BCUT2D eigenvalue weighted by Gasteiger charge is 2.29. The summed E-state index contributed by atoms with van der Waals surface area (Å²) in [6, 6.07) is 0. The molecule has 5 unspecified atom stereocenters. The van der Waals surface area contributed by atoms with Crippen LogP contribution in [0.25, 0.3) is 0 Å². The van der Waals surface area contributed by atoms with Gasteiger partial charge in [-0.3, -0.25) is 32.5 Å². The Morgan fingerprint density at radius 2 is 0.486 bits per heavy atom. The average molecular weight is 1560 g/mol. The zero-order valence-electron chi connectivity index (χ0n) is 68.2. The van der Waals surface area contributed by atoms with Gasteiger partial charge in [0.05, 0.1) is 26.4 Å². The predicted molar refractivity (Wildman–Crippen MR) is 454 cm³/mol. The molecule has 622 valence electrons. The molecular weight excluding hydrogens is 1410 g/mol. The fourth-order valence-corrected chi connectivity index (χ4v) is 12.6. The molecule has 0 aromatic rings. The van der Waals surface area contributed by atoms with Crippen LogP contribution in [-0.2, 0) is 55.8 Å². The van der Waals surface area contributed by atoms with Crippen molar-refractivity contribution in [3.8, 4) is 0 Å². The Morgan fingerprint density at radius 1 is 0.266 bits per heavy atom. The van der Waals surface area contributed by atoms with Crippen LogP contribution in [0.5, 0.6) is 0 Å². The molecule has 0 fully saturated rings. The van der Waals surface area contributed by atoms with E-state index in [2.05, 4.69) is 191 Å². The van der Waals surface area contributed by atoms with Gasteiger partial charge in [0.1, 0.15) is 25.4 Å². The summed E-state index contributed by atoms with van der Waals surface area (Å²) in [5.74, 6) is -1.62. The van der Waals surface area contributed by atoms with Crippen molar-refractivity contribution in [2.45, 2.75) is 347 Å². The third-order valence-electron chi connectivity index (χ3n) is 17.4. The SMILES string of the molecule is CC/C=C\C/C=C\C/C=C\C/C=C\C/C=C\C/C=C\CCCCCCCCCCC(=O)OCC(COP(=O)(O)OCC(O)COP(=O)(O)OCC(O)COC(=O)CCCCCCCCCCCCCCC/C=C\C/C=C\C/C=C\C/C=C\CCCCC)OC(=O)CCCCCC/C=C\C/C=C\C/C=C\C/C=C\CC. The molecule has 18 heteroatoms. The number of allylic oxidation sites excluding steroid dienone is 28. The summed E-state index contributed by atoms with van der Waals surface area (Å²) >= 11 is 0. The van der Waals surface area contributed by atoms with Gasteiger partial charge >= 0.3 is 33.6 Å². The monoisotopic (exact) mass is 1560 g/mol. The first-order chi connectivity index (χ1) is 53.2. The highest BCUT2D eigenvalue weighted by atomic mass is 31.2. The van der Waals surface area contributed by atoms with Crippen molar-refractivity contribution in [3.63, 3.8) is 0 Å². The number of esters is 3. The maximum absolute atomic E-state index is 13.0. The minimum atomic E-state index is -4.95. The van der Waals surface area contributed by atoms with Crippen LogP contribution >= 0.6 is 15.6 Å². The fraction of sp³-hybridized carbons (Fsp3) is 0.659. The third kappa shape index (κ3) is 83.7. The summed E-state index contributed by atoms with van der Waals surface area (Å²) in [4.78, 5) is 58.8. The molecule has 0 aliphatic rings. The lowest BCUT2D eigenvalue weighted by atomic mass is 10.0. The minimum absolute atomic E-state index is 0.0689. The number of phosphoric acid groups is 2. The van der Waals surface area contributed by atoms with Crippen molar-refractivity contribution < 1.29 is 75.8 Å². The van der Waals surface area contributed by atoms with Gasteiger partial charge in [-0.2, -0.15) is 0 Å². The molecule has 0 saturated carbocycles. The van der Waals surface area contributed by atoms with Gasteiger partial charge in [0.2, 0.25) is 0 Å². The summed E-state index contributed by atoms with van der Waals surface area (Å²) in [5, 5.41) is 20.7. The van der Waals surface area contributed by atoms with Crippen LogP contribution in [0.4, 0.5) is 0 Å². The first kappa shape index (κ1) is 104. The summed E-state index contributed by atoms with van der Waals surface area (Å²) in [5.41, 5.74) is 0. The molecular formula is C91H152O16P2. The fourth-order valence-electron chi connectivity index (χ4n) is 11.0. The maximum Gasteiger partial charge on any atom is 0.472 e. The largest absolute Gasteiger partial charge is 0.472 e. The summed E-state index contributed by atoms with van der Waals surface area (Å²) in [6.07, 6.45) is 105. The Hall–Kier alpha value is -5.09. The van der Waals surface area contributed by atoms with Crippen molar-refractivity contribution in [1.82, 2.24) is 0 Å². The van der Waals surface area contributed by atoms with E-state index < -0.39 is 91.5 Å². The van der Waals surface area contributed by atoms with Crippen LogP contribution < -0.4 is 0 Å². The summed E-state index contributed by atoms with van der Waals surface area (Å²) in [7, 11) is -9.82. The van der Waals surface area contributed by atoms with Crippen LogP contribution in [-0.4, -0.2) is 95.9 Å². The smallest absolute Gasteiger partial charge is 0.463 e. The van der Waals surface area contributed by atoms with Crippen LogP contribution in [0, 0.1) is 0 Å². The Balaban J connectivity index is 4.60. The van der Waals surface area contributed by atoms with Crippen LogP contribution in [0.15, 0.2) is 170 Å². The number of carbonyl (C=O) groups excluding carboxylic acids is 3. The first-order valence-electron chi connectivity index (χ1n) is 42.4. The number of phosphoric ester groups is 2. The normalized spacial score (nSPS) is 14.7.